The molecule has 0 saturated carbocycles. The normalized spacial score (nSPS) is 16.1. The number of hydrogen-bond donors (Lipinski definition) is 0. The van der Waals surface area contributed by atoms with Crippen LogP contribution in [-0.2, 0) is 11.2 Å². The largest absolute Gasteiger partial charge is 0.421 e. The van der Waals surface area contributed by atoms with Crippen molar-refractivity contribution in [2.24, 2.45) is 0 Å². The molecule has 118 valence electrons. The number of hydrogen-bond acceptors (Lipinski definition) is 6. The Labute approximate surface area is 133 Å². The van der Waals surface area contributed by atoms with Crippen LogP contribution in [0, 0.1) is 0 Å². The van der Waals surface area contributed by atoms with Gasteiger partial charge in [-0.15, -0.1) is 10.2 Å². The molecule has 0 aliphatic carbocycles. The first-order valence-electron chi connectivity index (χ1n) is 7.61. The molecule has 1 aliphatic heterocycles. The van der Waals surface area contributed by atoms with Crippen LogP contribution >= 0.6 is 11.3 Å². The van der Waals surface area contributed by atoms with Crippen molar-refractivity contribution >= 4 is 17.2 Å². The lowest BCUT2D eigenvalue weighted by Crippen LogP contribution is -2.48. The van der Waals surface area contributed by atoms with E-state index in [0.717, 1.165) is 38.3 Å². The van der Waals surface area contributed by atoms with Gasteiger partial charge in [-0.3, -0.25) is 4.79 Å². The first-order valence-corrected chi connectivity index (χ1v) is 8.55. The summed E-state index contributed by atoms with van der Waals surface area (Å²) in [7, 11) is 0. The molecule has 2 aromatic heterocycles. The van der Waals surface area contributed by atoms with Crippen LogP contribution in [0.4, 0.5) is 0 Å². The number of thiophene rings is 1. The molecule has 1 aliphatic rings. The Kier molecular flexibility index (Phi) is 4.84. The highest BCUT2D eigenvalue weighted by Gasteiger charge is 2.20. The van der Waals surface area contributed by atoms with Gasteiger partial charge in [-0.25, -0.2) is 0 Å². The zero-order valence-electron chi connectivity index (χ0n) is 12.7. The van der Waals surface area contributed by atoms with Gasteiger partial charge < -0.3 is 14.2 Å². The lowest BCUT2D eigenvalue weighted by atomic mass is 10.2. The summed E-state index contributed by atoms with van der Waals surface area (Å²) in [6.07, 6.45) is 0.932. The predicted molar refractivity (Wildman–Crippen MR) is 84.6 cm³/mol. The van der Waals surface area contributed by atoms with Crippen LogP contribution < -0.4 is 0 Å². The lowest BCUT2D eigenvalue weighted by Gasteiger charge is -2.34. The molecule has 0 N–H and O–H groups in total. The minimum absolute atomic E-state index is 0.172. The summed E-state index contributed by atoms with van der Waals surface area (Å²) in [6, 6.07) is 1.94. The number of rotatable bonds is 5. The molecule has 0 radical (unpaired) electrons. The van der Waals surface area contributed by atoms with E-state index in [1.54, 1.807) is 11.3 Å². The van der Waals surface area contributed by atoms with Gasteiger partial charge in [0.2, 0.25) is 17.7 Å². The van der Waals surface area contributed by atoms with E-state index in [4.69, 9.17) is 4.42 Å². The van der Waals surface area contributed by atoms with E-state index in [1.165, 1.54) is 0 Å². The third kappa shape index (κ3) is 3.53. The summed E-state index contributed by atoms with van der Waals surface area (Å²) < 4.78 is 5.61. The van der Waals surface area contributed by atoms with Crippen molar-refractivity contribution in [3.8, 4) is 11.5 Å². The average molecular weight is 320 g/mol. The van der Waals surface area contributed by atoms with Gasteiger partial charge >= 0.3 is 0 Å². The smallest absolute Gasteiger partial charge is 0.248 e. The number of nitrogens with zero attached hydrogens (tertiary/aromatic N) is 4. The number of aryl methyl sites for hydroxylation is 1. The van der Waals surface area contributed by atoms with E-state index >= 15 is 0 Å². The zero-order valence-corrected chi connectivity index (χ0v) is 13.5. The molecule has 0 atom stereocenters. The number of amides is 1. The van der Waals surface area contributed by atoms with E-state index < -0.39 is 0 Å². The fourth-order valence-corrected chi connectivity index (χ4v) is 3.17. The van der Waals surface area contributed by atoms with Gasteiger partial charge in [-0.2, -0.15) is 11.3 Å². The first kappa shape index (κ1) is 15.2. The first-order chi connectivity index (χ1) is 10.8. The predicted octanol–water partition coefficient (Wildman–Crippen LogP) is 1.89. The van der Waals surface area contributed by atoms with Crippen molar-refractivity contribution < 1.29 is 9.21 Å². The van der Waals surface area contributed by atoms with Crippen molar-refractivity contribution in [3.05, 3.63) is 22.7 Å². The van der Waals surface area contributed by atoms with Gasteiger partial charge in [-0.05, 0) is 18.0 Å². The molecular formula is C15H20N4O2S. The van der Waals surface area contributed by atoms with E-state index in [9.17, 15) is 4.79 Å². The van der Waals surface area contributed by atoms with Gasteiger partial charge in [0, 0.05) is 50.0 Å². The molecule has 0 aromatic carbocycles. The third-order valence-corrected chi connectivity index (χ3v) is 4.64. The number of likely N-dealkylation sites (N-methyl/N-ethyl adjacent to an activating group) is 1. The van der Waals surface area contributed by atoms with Crippen molar-refractivity contribution in [3.63, 3.8) is 0 Å². The SMILES string of the molecule is CCN1CCN(C(=O)CCc2nnc(-c3ccsc3)o2)CC1. The Morgan fingerprint density at radius 2 is 2.14 bits per heavy atom. The number of carbonyl (C=O) groups excluding carboxylic acids is 1. The fraction of sp³-hybridized carbons (Fsp3) is 0.533. The monoisotopic (exact) mass is 320 g/mol. The Hall–Kier alpha value is -1.73. The maximum absolute atomic E-state index is 12.2. The third-order valence-electron chi connectivity index (χ3n) is 3.96. The molecule has 0 unspecified atom stereocenters. The summed E-state index contributed by atoms with van der Waals surface area (Å²) in [5.74, 6) is 1.23. The molecule has 3 heterocycles. The standard InChI is InChI=1S/C15H20N4O2S/c1-2-18-6-8-19(9-7-18)14(20)4-3-13-16-17-15(21-13)12-5-10-22-11-12/h5,10-11H,2-4,6-9H2,1H3. The van der Waals surface area contributed by atoms with Crippen molar-refractivity contribution in [1.29, 1.82) is 0 Å². The van der Waals surface area contributed by atoms with E-state index in [2.05, 4.69) is 22.0 Å². The summed E-state index contributed by atoms with van der Waals surface area (Å²) in [6.45, 7) is 6.76. The highest BCUT2D eigenvalue weighted by atomic mass is 32.1. The van der Waals surface area contributed by atoms with Crippen molar-refractivity contribution in [1.82, 2.24) is 20.0 Å². The minimum Gasteiger partial charge on any atom is -0.421 e. The molecule has 7 heteroatoms. The second kappa shape index (κ2) is 7.02. The second-order valence-electron chi connectivity index (χ2n) is 5.33. The van der Waals surface area contributed by atoms with Crippen molar-refractivity contribution in [2.75, 3.05) is 32.7 Å². The highest BCUT2D eigenvalue weighted by Crippen LogP contribution is 2.20. The Balaban J connectivity index is 1.49. The second-order valence-corrected chi connectivity index (χ2v) is 6.11. The van der Waals surface area contributed by atoms with Gasteiger partial charge in [0.15, 0.2) is 0 Å². The summed E-state index contributed by atoms with van der Waals surface area (Å²) in [5.41, 5.74) is 0.936. The quantitative estimate of drug-likeness (QED) is 0.842. The number of carbonyl (C=O) groups is 1. The Morgan fingerprint density at radius 1 is 1.32 bits per heavy atom. The molecule has 22 heavy (non-hydrogen) atoms. The fourth-order valence-electron chi connectivity index (χ4n) is 2.54. The van der Waals surface area contributed by atoms with Gasteiger partial charge in [0.05, 0.1) is 0 Å². The van der Waals surface area contributed by atoms with Crippen LogP contribution in [-0.4, -0.2) is 58.6 Å². The van der Waals surface area contributed by atoms with Crippen LogP contribution in [0.15, 0.2) is 21.2 Å². The van der Waals surface area contributed by atoms with Crippen molar-refractivity contribution in [2.45, 2.75) is 19.8 Å². The van der Waals surface area contributed by atoms with E-state index in [1.807, 2.05) is 21.7 Å². The maximum atomic E-state index is 12.2. The molecule has 2 aromatic rings. The molecular weight excluding hydrogens is 300 g/mol. The molecule has 1 amide bonds. The minimum atomic E-state index is 0.172. The summed E-state index contributed by atoms with van der Waals surface area (Å²) in [5, 5.41) is 12.0. The molecule has 0 spiro atoms. The highest BCUT2D eigenvalue weighted by molar-refractivity contribution is 7.08. The lowest BCUT2D eigenvalue weighted by molar-refractivity contribution is -0.132. The van der Waals surface area contributed by atoms with Crippen LogP contribution in [0.5, 0.6) is 0 Å². The molecule has 6 nitrogen and oxygen atoms in total. The average Bonchev–Trinajstić information content (AvgIpc) is 3.23. The van der Waals surface area contributed by atoms with Crippen LogP contribution in [0.2, 0.25) is 0 Å². The van der Waals surface area contributed by atoms with Gasteiger partial charge in [0.1, 0.15) is 0 Å². The topological polar surface area (TPSA) is 62.5 Å². The Morgan fingerprint density at radius 3 is 2.82 bits per heavy atom. The molecule has 0 bridgehead atoms. The molecule has 1 fully saturated rings. The summed E-state index contributed by atoms with van der Waals surface area (Å²) >= 11 is 1.59. The number of aromatic nitrogens is 2. The molecule has 1 saturated heterocycles. The zero-order chi connectivity index (χ0) is 15.4. The summed E-state index contributed by atoms with van der Waals surface area (Å²) in [4.78, 5) is 16.5. The Bertz CT molecular complexity index is 603. The van der Waals surface area contributed by atoms with Crippen LogP contribution in [0.3, 0.4) is 0 Å². The number of piperazine rings is 1. The van der Waals surface area contributed by atoms with Gasteiger partial charge in [0.25, 0.3) is 0 Å². The van der Waals surface area contributed by atoms with Gasteiger partial charge in [-0.1, -0.05) is 6.92 Å². The maximum Gasteiger partial charge on any atom is 0.248 e. The van der Waals surface area contributed by atoms with Crippen LogP contribution in [0.25, 0.3) is 11.5 Å². The van der Waals surface area contributed by atoms with E-state index in [0.29, 0.717) is 24.6 Å². The molecule has 3 rings (SSSR count). The van der Waals surface area contributed by atoms with E-state index in [-0.39, 0.29) is 5.91 Å². The van der Waals surface area contributed by atoms with Crippen LogP contribution in [0.1, 0.15) is 19.2 Å².